The van der Waals surface area contributed by atoms with Crippen molar-refractivity contribution in [3.63, 3.8) is 0 Å². The molecular weight excluding hydrogens is 384 g/mol. The molecule has 0 amide bonds. The SMILES string of the molecule is CN1CCN(c2c(F)cc3c(=O)c4c(=O)[nH]c(=O)[nH]c4n(C4CC4)c3c2F)CC1. The lowest BCUT2D eigenvalue weighted by Gasteiger charge is -2.34. The normalized spacial score (nSPS) is 18.1. The summed E-state index contributed by atoms with van der Waals surface area (Å²) < 4.78 is 32.2. The summed E-state index contributed by atoms with van der Waals surface area (Å²) >= 11 is 0. The van der Waals surface area contributed by atoms with E-state index >= 15 is 4.39 Å². The summed E-state index contributed by atoms with van der Waals surface area (Å²) in [7, 11) is 1.94. The van der Waals surface area contributed by atoms with E-state index in [4.69, 9.17) is 0 Å². The molecule has 0 radical (unpaired) electrons. The summed E-state index contributed by atoms with van der Waals surface area (Å²) in [5.41, 5.74) is -2.71. The van der Waals surface area contributed by atoms with Gasteiger partial charge in [-0.15, -0.1) is 0 Å². The molecule has 2 fully saturated rings. The Morgan fingerprint density at radius 2 is 1.72 bits per heavy atom. The average molecular weight is 403 g/mol. The fraction of sp³-hybridized carbons (Fsp3) is 0.421. The highest BCUT2D eigenvalue weighted by molar-refractivity contribution is 5.94. The van der Waals surface area contributed by atoms with Gasteiger partial charge in [-0.25, -0.2) is 13.6 Å². The molecule has 1 aliphatic carbocycles. The summed E-state index contributed by atoms with van der Waals surface area (Å²) in [6.07, 6.45) is 1.42. The molecule has 8 nitrogen and oxygen atoms in total. The van der Waals surface area contributed by atoms with E-state index in [1.807, 2.05) is 12.0 Å². The molecule has 3 heterocycles. The predicted octanol–water partition coefficient (Wildman–Crippen LogP) is 0.896. The van der Waals surface area contributed by atoms with E-state index in [1.54, 1.807) is 4.90 Å². The minimum atomic E-state index is -0.867. The van der Waals surface area contributed by atoms with Gasteiger partial charge >= 0.3 is 5.69 Å². The number of nitrogens with one attached hydrogen (secondary N) is 2. The third-order valence-corrected chi connectivity index (χ3v) is 5.78. The van der Waals surface area contributed by atoms with Crippen molar-refractivity contribution < 1.29 is 8.78 Å². The molecule has 2 aromatic heterocycles. The second-order valence-electron chi connectivity index (χ2n) is 7.77. The summed E-state index contributed by atoms with van der Waals surface area (Å²) in [5, 5.41) is -0.495. The number of fused-ring (bicyclic) bond motifs is 2. The molecule has 3 aromatic rings. The first kappa shape index (κ1) is 18.0. The van der Waals surface area contributed by atoms with Gasteiger partial charge in [0.05, 0.1) is 10.9 Å². The third kappa shape index (κ3) is 2.70. The molecule has 0 unspecified atom stereocenters. The lowest BCUT2D eigenvalue weighted by atomic mass is 10.1. The van der Waals surface area contributed by atoms with Crippen molar-refractivity contribution in [3.8, 4) is 0 Å². The number of pyridine rings is 1. The van der Waals surface area contributed by atoms with E-state index in [1.165, 1.54) is 4.57 Å². The van der Waals surface area contributed by atoms with Gasteiger partial charge in [0, 0.05) is 32.2 Å². The molecule has 2 N–H and O–H groups in total. The zero-order valence-corrected chi connectivity index (χ0v) is 15.7. The van der Waals surface area contributed by atoms with Crippen LogP contribution in [0.3, 0.4) is 0 Å². The van der Waals surface area contributed by atoms with Gasteiger partial charge in [-0.1, -0.05) is 0 Å². The Balaban J connectivity index is 1.90. The molecule has 152 valence electrons. The highest BCUT2D eigenvalue weighted by Crippen LogP contribution is 2.41. The predicted molar refractivity (Wildman–Crippen MR) is 105 cm³/mol. The standard InChI is InChI=1S/C19H19F2N5O3/c1-24-4-6-25(7-5-24)15-11(20)8-10-14(13(15)21)26(9-2-3-9)17-12(16(10)27)18(28)23-19(29)22-17/h8-9H,2-7H2,1H3,(H2,22,23,28,29). The fourth-order valence-electron chi connectivity index (χ4n) is 4.14. The number of aromatic nitrogens is 3. The largest absolute Gasteiger partial charge is 0.364 e. The van der Waals surface area contributed by atoms with Crippen LogP contribution in [0.4, 0.5) is 14.5 Å². The number of halogens is 2. The molecule has 0 bridgehead atoms. The summed E-state index contributed by atoms with van der Waals surface area (Å²) in [5.74, 6) is -1.67. The van der Waals surface area contributed by atoms with Crippen LogP contribution in [0.1, 0.15) is 18.9 Å². The van der Waals surface area contributed by atoms with Gasteiger partial charge in [-0.2, -0.15) is 0 Å². The quantitative estimate of drug-likeness (QED) is 0.620. The zero-order valence-electron chi connectivity index (χ0n) is 15.7. The fourth-order valence-corrected chi connectivity index (χ4v) is 4.14. The van der Waals surface area contributed by atoms with Crippen molar-refractivity contribution in [2.75, 3.05) is 38.1 Å². The lowest BCUT2D eigenvalue weighted by molar-refractivity contribution is 0.310. The van der Waals surface area contributed by atoms with Gasteiger partial charge in [0.15, 0.2) is 5.82 Å². The molecule has 2 aliphatic rings. The molecule has 1 aliphatic heterocycles. The Kier molecular flexibility index (Phi) is 3.89. The number of nitrogens with zero attached hydrogens (tertiary/aromatic N) is 3. The van der Waals surface area contributed by atoms with Crippen molar-refractivity contribution in [2.24, 2.45) is 0 Å². The Labute approximate surface area is 162 Å². The van der Waals surface area contributed by atoms with Crippen LogP contribution >= 0.6 is 0 Å². The molecule has 1 aromatic carbocycles. The minimum absolute atomic E-state index is 0.0198. The first-order valence-electron chi connectivity index (χ1n) is 9.53. The number of rotatable bonds is 2. The smallest absolute Gasteiger partial charge is 0.327 e. The Morgan fingerprint density at radius 1 is 1.03 bits per heavy atom. The van der Waals surface area contributed by atoms with Crippen LogP contribution in [0, 0.1) is 11.6 Å². The van der Waals surface area contributed by atoms with Gasteiger partial charge in [0.1, 0.15) is 22.5 Å². The molecule has 29 heavy (non-hydrogen) atoms. The summed E-state index contributed by atoms with van der Waals surface area (Å²) in [6, 6.07) is 0.843. The van der Waals surface area contributed by atoms with E-state index in [-0.39, 0.29) is 33.7 Å². The van der Waals surface area contributed by atoms with Crippen LogP contribution in [0.25, 0.3) is 21.9 Å². The van der Waals surface area contributed by atoms with Crippen molar-refractivity contribution in [1.29, 1.82) is 0 Å². The zero-order chi connectivity index (χ0) is 20.4. The number of H-pyrrole nitrogens is 2. The van der Waals surface area contributed by atoms with Crippen LogP contribution < -0.4 is 21.6 Å². The van der Waals surface area contributed by atoms with Gasteiger partial charge < -0.3 is 14.4 Å². The minimum Gasteiger partial charge on any atom is -0.364 e. The maximum absolute atomic E-state index is 15.7. The molecule has 0 spiro atoms. The van der Waals surface area contributed by atoms with E-state index < -0.39 is 28.3 Å². The van der Waals surface area contributed by atoms with Gasteiger partial charge in [-0.3, -0.25) is 19.6 Å². The van der Waals surface area contributed by atoms with Crippen LogP contribution in [0.5, 0.6) is 0 Å². The van der Waals surface area contributed by atoms with Crippen molar-refractivity contribution in [3.05, 3.63) is 48.8 Å². The van der Waals surface area contributed by atoms with E-state index in [9.17, 15) is 18.8 Å². The Hall–Kier alpha value is -3.01. The Bertz CT molecular complexity index is 1330. The molecular formula is C19H19F2N5O3. The van der Waals surface area contributed by atoms with Crippen LogP contribution in [-0.4, -0.2) is 52.7 Å². The number of hydrogen-bond donors (Lipinski definition) is 2. The van der Waals surface area contributed by atoms with Crippen molar-refractivity contribution in [2.45, 2.75) is 18.9 Å². The second kappa shape index (κ2) is 6.24. The number of aromatic amines is 2. The van der Waals surface area contributed by atoms with Gasteiger partial charge in [0.2, 0.25) is 5.43 Å². The highest BCUT2D eigenvalue weighted by Gasteiger charge is 2.32. The monoisotopic (exact) mass is 403 g/mol. The molecule has 10 heteroatoms. The number of anilines is 1. The van der Waals surface area contributed by atoms with E-state index in [0.29, 0.717) is 39.0 Å². The first-order valence-corrected chi connectivity index (χ1v) is 9.53. The second-order valence-corrected chi connectivity index (χ2v) is 7.77. The molecule has 1 saturated carbocycles. The maximum Gasteiger partial charge on any atom is 0.327 e. The van der Waals surface area contributed by atoms with Gasteiger partial charge in [0.25, 0.3) is 5.56 Å². The van der Waals surface area contributed by atoms with Crippen molar-refractivity contribution >= 4 is 27.6 Å². The highest BCUT2D eigenvalue weighted by atomic mass is 19.1. The lowest BCUT2D eigenvalue weighted by Crippen LogP contribution is -2.45. The van der Waals surface area contributed by atoms with Crippen molar-refractivity contribution in [1.82, 2.24) is 19.4 Å². The Morgan fingerprint density at radius 3 is 2.38 bits per heavy atom. The van der Waals surface area contributed by atoms with Crippen LogP contribution in [0.15, 0.2) is 20.4 Å². The summed E-state index contributed by atoms with van der Waals surface area (Å²) in [4.78, 5) is 45.3. The topological polar surface area (TPSA) is 94.2 Å². The number of benzene rings is 1. The number of piperazine rings is 1. The van der Waals surface area contributed by atoms with E-state index in [2.05, 4.69) is 9.88 Å². The van der Waals surface area contributed by atoms with Crippen LogP contribution in [-0.2, 0) is 0 Å². The molecule has 1 saturated heterocycles. The molecule has 0 atom stereocenters. The summed E-state index contributed by atoms with van der Waals surface area (Å²) in [6.45, 7) is 2.22. The number of likely N-dealkylation sites (N-methyl/N-ethyl adjacent to an activating group) is 1. The average Bonchev–Trinajstić information content (AvgIpc) is 3.49. The maximum atomic E-state index is 15.7. The third-order valence-electron chi connectivity index (χ3n) is 5.78. The number of hydrogen-bond acceptors (Lipinski definition) is 5. The van der Waals surface area contributed by atoms with Crippen LogP contribution in [0.2, 0.25) is 0 Å². The van der Waals surface area contributed by atoms with Gasteiger partial charge in [-0.05, 0) is 26.0 Å². The molecule has 5 rings (SSSR count). The van der Waals surface area contributed by atoms with E-state index in [0.717, 1.165) is 6.07 Å². The first-order chi connectivity index (χ1) is 13.9.